The summed E-state index contributed by atoms with van der Waals surface area (Å²) >= 11 is 0. The van der Waals surface area contributed by atoms with E-state index in [2.05, 4.69) is 5.32 Å². The van der Waals surface area contributed by atoms with Crippen LogP contribution in [0.4, 0.5) is 8.78 Å². The molecular formula is C12H15F2NOS. The number of hydrogen-bond donors (Lipinski definition) is 1. The van der Waals surface area contributed by atoms with Crippen LogP contribution in [-0.2, 0) is 10.8 Å². The van der Waals surface area contributed by atoms with Crippen LogP contribution in [-0.4, -0.2) is 21.8 Å². The highest BCUT2D eigenvalue weighted by Gasteiger charge is 2.28. The first-order valence-electron chi connectivity index (χ1n) is 5.66. The van der Waals surface area contributed by atoms with E-state index in [4.69, 9.17) is 0 Å². The van der Waals surface area contributed by atoms with Crippen molar-refractivity contribution in [1.29, 1.82) is 0 Å². The number of hydrogen-bond acceptors (Lipinski definition) is 2. The molecule has 17 heavy (non-hydrogen) atoms. The van der Waals surface area contributed by atoms with Gasteiger partial charge in [-0.2, -0.15) is 0 Å². The van der Waals surface area contributed by atoms with Crippen molar-refractivity contribution in [3.05, 3.63) is 35.4 Å². The van der Waals surface area contributed by atoms with E-state index in [1.807, 2.05) is 6.92 Å². The molecule has 1 aromatic carbocycles. The minimum absolute atomic E-state index is 0.109. The minimum atomic E-state index is -0.967. The largest absolute Gasteiger partial charge is 0.305 e. The molecule has 1 aliphatic heterocycles. The molecule has 1 heterocycles. The lowest BCUT2D eigenvalue weighted by Crippen LogP contribution is -2.44. The van der Waals surface area contributed by atoms with Gasteiger partial charge in [-0.15, -0.1) is 0 Å². The molecule has 94 valence electrons. The Hall–Kier alpha value is -0.810. The highest BCUT2D eigenvalue weighted by atomic mass is 32.2. The van der Waals surface area contributed by atoms with Crippen molar-refractivity contribution in [3.8, 4) is 0 Å². The van der Waals surface area contributed by atoms with Gasteiger partial charge in [-0.1, -0.05) is 19.1 Å². The predicted octanol–water partition coefficient (Wildman–Crippen LogP) is 2.14. The Morgan fingerprint density at radius 3 is 2.88 bits per heavy atom. The molecule has 2 nitrogen and oxygen atoms in total. The fraction of sp³-hybridized carbons (Fsp3) is 0.500. The molecule has 1 fully saturated rings. The van der Waals surface area contributed by atoms with Gasteiger partial charge in [-0.05, 0) is 12.5 Å². The van der Waals surface area contributed by atoms with Gasteiger partial charge in [0.1, 0.15) is 0 Å². The van der Waals surface area contributed by atoms with Crippen LogP contribution in [0.25, 0.3) is 0 Å². The Morgan fingerprint density at radius 2 is 2.18 bits per heavy atom. The third-order valence-electron chi connectivity index (χ3n) is 3.03. The smallest absolute Gasteiger partial charge is 0.163 e. The molecular weight excluding hydrogens is 244 g/mol. The molecule has 3 unspecified atom stereocenters. The number of benzene rings is 1. The molecule has 0 amide bonds. The van der Waals surface area contributed by atoms with Gasteiger partial charge >= 0.3 is 0 Å². The standard InChI is InChI=1S/C12H15F2NOS/c1-2-8-6-17(16)7-11(15-8)9-4-3-5-10(13)12(9)14/h3-5,8,11,15H,2,6-7H2,1H3. The Labute approximate surface area is 102 Å². The van der Waals surface area contributed by atoms with E-state index in [0.717, 1.165) is 12.5 Å². The summed E-state index contributed by atoms with van der Waals surface area (Å²) < 4.78 is 38.4. The first-order valence-corrected chi connectivity index (χ1v) is 7.15. The van der Waals surface area contributed by atoms with Crippen molar-refractivity contribution in [2.45, 2.75) is 25.4 Å². The summed E-state index contributed by atoms with van der Waals surface area (Å²) in [4.78, 5) is 0. The predicted molar refractivity (Wildman–Crippen MR) is 64.2 cm³/mol. The van der Waals surface area contributed by atoms with Crippen LogP contribution in [0.15, 0.2) is 18.2 Å². The van der Waals surface area contributed by atoms with Crippen molar-refractivity contribution in [2.75, 3.05) is 11.5 Å². The second kappa shape index (κ2) is 5.23. The van der Waals surface area contributed by atoms with Crippen LogP contribution < -0.4 is 5.32 Å². The maximum Gasteiger partial charge on any atom is 0.163 e. The number of halogens is 2. The van der Waals surface area contributed by atoms with E-state index in [0.29, 0.717) is 11.5 Å². The van der Waals surface area contributed by atoms with Crippen LogP contribution in [0.1, 0.15) is 24.9 Å². The summed E-state index contributed by atoms with van der Waals surface area (Å²) in [7, 11) is -0.967. The molecule has 1 aromatic rings. The lowest BCUT2D eigenvalue weighted by atomic mass is 10.1. The SMILES string of the molecule is CCC1CS(=O)CC(c2cccc(F)c2F)N1. The summed E-state index contributed by atoms with van der Waals surface area (Å²) in [5.41, 5.74) is 0.275. The van der Waals surface area contributed by atoms with Gasteiger partial charge in [0, 0.05) is 40.0 Å². The average molecular weight is 259 g/mol. The maximum atomic E-state index is 13.6. The maximum absolute atomic E-state index is 13.6. The molecule has 0 aliphatic carbocycles. The first kappa shape index (κ1) is 12.6. The summed E-state index contributed by atoms with van der Waals surface area (Å²) in [5.74, 6) is -0.756. The van der Waals surface area contributed by atoms with Gasteiger partial charge in [-0.3, -0.25) is 4.21 Å². The molecule has 1 saturated heterocycles. The molecule has 5 heteroatoms. The van der Waals surface area contributed by atoms with E-state index >= 15 is 0 Å². The molecule has 2 rings (SSSR count). The van der Waals surface area contributed by atoms with Crippen LogP contribution >= 0.6 is 0 Å². The molecule has 3 atom stereocenters. The number of rotatable bonds is 2. The van der Waals surface area contributed by atoms with Crippen molar-refractivity contribution in [1.82, 2.24) is 5.32 Å². The molecule has 0 saturated carbocycles. The lowest BCUT2D eigenvalue weighted by Gasteiger charge is -2.30. The van der Waals surface area contributed by atoms with E-state index in [1.165, 1.54) is 6.07 Å². The minimum Gasteiger partial charge on any atom is -0.305 e. The van der Waals surface area contributed by atoms with Crippen molar-refractivity contribution >= 4 is 10.8 Å². The summed E-state index contributed by atoms with van der Waals surface area (Å²) in [6.07, 6.45) is 0.833. The highest BCUT2D eigenvalue weighted by molar-refractivity contribution is 7.85. The molecule has 1 N–H and O–H groups in total. The molecule has 0 radical (unpaired) electrons. The van der Waals surface area contributed by atoms with Crippen LogP contribution in [0.5, 0.6) is 0 Å². The molecule has 0 aromatic heterocycles. The van der Waals surface area contributed by atoms with Gasteiger partial charge in [0.2, 0.25) is 0 Å². The Morgan fingerprint density at radius 1 is 1.41 bits per heavy atom. The van der Waals surface area contributed by atoms with Crippen LogP contribution in [0.2, 0.25) is 0 Å². The van der Waals surface area contributed by atoms with E-state index < -0.39 is 22.4 Å². The zero-order valence-corrected chi connectivity index (χ0v) is 10.4. The Balaban J connectivity index is 2.26. The normalized spacial score (nSPS) is 29.2. The quantitative estimate of drug-likeness (QED) is 0.881. The Kier molecular flexibility index (Phi) is 3.89. The van der Waals surface area contributed by atoms with E-state index in [1.54, 1.807) is 6.07 Å². The van der Waals surface area contributed by atoms with Crippen molar-refractivity contribution in [3.63, 3.8) is 0 Å². The lowest BCUT2D eigenvalue weighted by molar-refractivity contribution is 0.428. The van der Waals surface area contributed by atoms with Gasteiger partial charge < -0.3 is 5.32 Å². The Bertz CT molecular complexity index is 439. The van der Waals surface area contributed by atoms with Crippen molar-refractivity contribution in [2.24, 2.45) is 0 Å². The fourth-order valence-electron chi connectivity index (χ4n) is 2.06. The fourth-order valence-corrected chi connectivity index (χ4v) is 3.63. The number of nitrogens with one attached hydrogen (secondary N) is 1. The zero-order valence-electron chi connectivity index (χ0n) is 9.58. The molecule has 0 bridgehead atoms. The zero-order chi connectivity index (χ0) is 12.4. The van der Waals surface area contributed by atoms with Crippen LogP contribution in [0.3, 0.4) is 0 Å². The van der Waals surface area contributed by atoms with E-state index in [9.17, 15) is 13.0 Å². The summed E-state index contributed by atoms with van der Waals surface area (Å²) in [6, 6.07) is 3.87. The van der Waals surface area contributed by atoms with Gasteiger partial charge in [0.15, 0.2) is 11.6 Å². The van der Waals surface area contributed by atoms with Crippen molar-refractivity contribution < 1.29 is 13.0 Å². The average Bonchev–Trinajstić information content (AvgIpc) is 2.31. The first-order chi connectivity index (χ1) is 8.11. The van der Waals surface area contributed by atoms with Crippen LogP contribution in [0, 0.1) is 11.6 Å². The summed E-state index contributed by atoms with van der Waals surface area (Å²) in [6.45, 7) is 1.99. The molecule has 0 spiro atoms. The second-order valence-corrected chi connectivity index (χ2v) is 5.79. The summed E-state index contributed by atoms with van der Waals surface area (Å²) in [5, 5.41) is 3.22. The van der Waals surface area contributed by atoms with E-state index in [-0.39, 0.29) is 17.6 Å². The van der Waals surface area contributed by atoms with Gasteiger partial charge in [-0.25, -0.2) is 8.78 Å². The van der Waals surface area contributed by atoms with Gasteiger partial charge in [0.25, 0.3) is 0 Å². The van der Waals surface area contributed by atoms with Gasteiger partial charge in [0.05, 0.1) is 0 Å². The third-order valence-corrected chi connectivity index (χ3v) is 4.51. The topological polar surface area (TPSA) is 29.1 Å². The monoisotopic (exact) mass is 259 g/mol. The highest BCUT2D eigenvalue weighted by Crippen LogP contribution is 2.24. The second-order valence-electron chi connectivity index (χ2n) is 4.24. The third kappa shape index (κ3) is 2.72. The molecule has 1 aliphatic rings.